The van der Waals surface area contributed by atoms with Crippen molar-refractivity contribution in [1.29, 1.82) is 0 Å². The van der Waals surface area contributed by atoms with Crippen molar-refractivity contribution in [2.75, 3.05) is 0 Å². The Kier molecular flexibility index (Phi) is 2.12. The van der Waals surface area contributed by atoms with Gasteiger partial charge in [0.15, 0.2) is 0 Å². The van der Waals surface area contributed by atoms with Crippen LogP contribution in [0.3, 0.4) is 0 Å². The molecule has 0 saturated heterocycles. The monoisotopic (exact) mass is 178 g/mol. The van der Waals surface area contributed by atoms with Crippen LogP contribution in [0.5, 0.6) is 0 Å². The summed E-state index contributed by atoms with van der Waals surface area (Å²) in [6.07, 6.45) is 5.70. The normalized spacial score (nSPS) is 18.2. The van der Waals surface area contributed by atoms with Crippen LogP contribution in [-0.2, 0) is 0 Å². The fourth-order valence-electron chi connectivity index (χ4n) is 1.42. The van der Waals surface area contributed by atoms with E-state index in [0.717, 1.165) is 0 Å². The number of nitrogens with zero attached hydrogens (tertiary/aromatic N) is 4. The van der Waals surface area contributed by atoms with E-state index >= 15 is 0 Å². The Morgan fingerprint density at radius 1 is 1.54 bits per heavy atom. The Labute approximate surface area is 77.7 Å². The molecule has 4 nitrogen and oxygen atoms in total. The predicted molar refractivity (Wildman–Crippen MR) is 50.4 cm³/mol. The lowest BCUT2D eigenvalue weighted by molar-refractivity contribution is 0.706. The van der Waals surface area contributed by atoms with Crippen LogP contribution in [0, 0.1) is 11.8 Å². The van der Waals surface area contributed by atoms with Gasteiger partial charge in [-0.15, -0.1) is 9.89 Å². The molecule has 1 saturated carbocycles. The van der Waals surface area contributed by atoms with Crippen molar-refractivity contribution in [2.24, 2.45) is 16.9 Å². The molecular weight excluding hydrogens is 164 g/mol. The van der Waals surface area contributed by atoms with Gasteiger partial charge in [0.1, 0.15) is 12.7 Å². The molecule has 2 rings (SSSR count). The van der Waals surface area contributed by atoms with Crippen molar-refractivity contribution in [3.05, 3.63) is 12.7 Å². The Hall–Kier alpha value is -1.19. The third kappa shape index (κ3) is 1.94. The lowest BCUT2D eigenvalue weighted by Gasteiger charge is -2.07. The van der Waals surface area contributed by atoms with Crippen molar-refractivity contribution in [3.63, 3.8) is 0 Å². The van der Waals surface area contributed by atoms with E-state index in [4.69, 9.17) is 0 Å². The van der Waals surface area contributed by atoms with Crippen molar-refractivity contribution >= 4 is 5.71 Å². The van der Waals surface area contributed by atoms with Gasteiger partial charge in [0.05, 0.1) is 0 Å². The molecule has 0 N–H and O–H groups in total. The van der Waals surface area contributed by atoms with E-state index in [-0.39, 0.29) is 0 Å². The summed E-state index contributed by atoms with van der Waals surface area (Å²) in [4.78, 5) is 5.41. The van der Waals surface area contributed by atoms with Crippen LogP contribution >= 0.6 is 0 Å². The molecule has 0 bridgehead atoms. The van der Waals surface area contributed by atoms with Gasteiger partial charge >= 0.3 is 0 Å². The number of hydrogen-bond donors (Lipinski definition) is 0. The second-order valence-corrected chi connectivity index (χ2v) is 3.77. The summed E-state index contributed by atoms with van der Waals surface area (Å²) in [5.74, 6) is 1.21. The maximum atomic E-state index is 4.44. The summed E-state index contributed by atoms with van der Waals surface area (Å²) in [5.41, 5.74) is 1.26. The number of rotatable bonds is 3. The molecule has 0 aliphatic heterocycles. The van der Waals surface area contributed by atoms with Gasteiger partial charge in [0.2, 0.25) is 0 Å². The molecule has 1 fully saturated rings. The van der Waals surface area contributed by atoms with Gasteiger partial charge in [-0.25, -0.2) is 4.98 Å². The lowest BCUT2D eigenvalue weighted by Crippen LogP contribution is -2.12. The molecule has 1 aromatic rings. The fraction of sp³-hybridized carbons (Fsp3) is 0.667. The van der Waals surface area contributed by atoms with E-state index < -0.39 is 0 Å². The molecule has 1 aliphatic carbocycles. The van der Waals surface area contributed by atoms with E-state index in [0.29, 0.717) is 11.8 Å². The minimum absolute atomic E-state index is 0.511. The van der Waals surface area contributed by atoms with Gasteiger partial charge in [-0.2, -0.15) is 5.10 Å². The van der Waals surface area contributed by atoms with E-state index in [1.165, 1.54) is 24.9 Å². The highest BCUT2D eigenvalue weighted by atomic mass is 15.5. The van der Waals surface area contributed by atoms with Crippen molar-refractivity contribution in [1.82, 2.24) is 14.9 Å². The zero-order valence-electron chi connectivity index (χ0n) is 8.01. The summed E-state index contributed by atoms with van der Waals surface area (Å²) in [6.45, 7) is 4.35. The van der Waals surface area contributed by atoms with Crippen LogP contribution in [0.1, 0.15) is 26.7 Å². The summed E-state index contributed by atoms with van der Waals surface area (Å²) in [7, 11) is 0. The first-order valence-electron chi connectivity index (χ1n) is 4.70. The molecule has 0 aromatic carbocycles. The summed E-state index contributed by atoms with van der Waals surface area (Å²) >= 11 is 0. The molecule has 0 atom stereocenters. The molecule has 1 aliphatic rings. The predicted octanol–water partition coefficient (Wildman–Crippen LogP) is 1.55. The van der Waals surface area contributed by atoms with Crippen LogP contribution in [0.2, 0.25) is 0 Å². The highest BCUT2D eigenvalue weighted by Crippen LogP contribution is 2.33. The molecule has 4 heteroatoms. The van der Waals surface area contributed by atoms with Gasteiger partial charge < -0.3 is 0 Å². The maximum Gasteiger partial charge on any atom is 0.139 e. The topological polar surface area (TPSA) is 43.1 Å². The van der Waals surface area contributed by atoms with Crippen molar-refractivity contribution in [2.45, 2.75) is 26.7 Å². The van der Waals surface area contributed by atoms with Crippen LogP contribution in [0.25, 0.3) is 0 Å². The quantitative estimate of drug-likeness (QED) is 0.659. The Bertz CT molecular complexity index is 291. The van der Waals surface area contributed by atoms with Crippen LogP contribution in [0.4, 0.5) is 0 Å². The van der Waals surface area contributed by atoms with Gasteiger partial charge in [0.25, 0.3) is 0 Å². The van der Waals surface area contributed by atoms with Gasteiger partial charge in [-0.3, -0.25) is 0 Å². The van der Waals surface area contributed by atoms with Gasteiger partial charge in [0, 0.05) is 5.71 Å². The number of hydrogen-bond acceptors (Lipinski definition) is 3. The number of aromatic nitrogens is 3. The minimum atomic E-state index is 0.511. The first-order valence-corrected chi connectivity index (χ1v) is 4.70. The van der Waals surface area contributed by atoms with Crippen LogP contribution < -0.4 is 0 Å². The second kappa shape index (κ2) is 3.28. The molecule has 0 unspecified atom stereocenters. The van der Waals surface area contributed by atoms with Crippen LogP contribution in [0.15, 0.2) is 17.8 Å². The fourth-order valence-corrected chi connectivity index (χ4v) is 1.42. The van der Waals surface area contributed by atoms with E-state index in [1.807, 2.05) is 0 Å². The summed E-state index contributed by atoms with van der Waals surface area (Å²) < 4.78 is 0. The van der Waals surface area contributed by atoms with Gasteiger partial charge in [-0.05, 0) is 24.7 Å². The first kappa shape index (κ1) is 8.41. The summed E-state index contributed by atoms with van der Waals surface area (Å²) in [5, 5.41) is 8.41. The Morgan fingerprint density at radius 2 is 2.31 bits per heavy atom. The third-order valence-electron chi connectivity index (χ3n) is 2.21. The molecule has 0 radical (unpaired) electrons. The molecule has 0 amide bonds. The average molecular weight is 178 g/mol. The smallest absolute Gasteiger partial charge is 0.139 e. The molecular formula is C9H14N4. The largest absolute Gasteiger partial charge is 0.221 e. The molecule has 0 spiro atoms. The van der Waals surface area contributed by atoms with E-state index in [9.17, 15) is 0 Å². The maximum absolute atomic E-state index is 4.44. The first-order chi connectivity index (χ1) is 6.27. The highest BCUT2D eigenvalue weighted by Gasteiger charge is 2.29. The average Bonchev–Trinajstić information content (AvgIpc) is 2.79. The third-order valence-corrected chi connectivity index (χ3v) is 2.21. The second-order valence-electron chi connectivity index (χ2n) is 3.77. The molecule has 1 aromatic heterocycles. The van der Waals surface area contributed by atoms with E-state index in [2.05, 4.69) is 29.0 Å². The zero-order chi connectivity index (χ0) is 9.26. The SMILES string of the molecule is CC(C)/C(=N/n1cncn1)C1CC1. The highest BCUT2D eigenvalue weighted by molar-refractivity contribution is 5.90. The molecule has 13 heavy (non-hydrogen) atoms. The summed E-state index contributed by atoms with van der Waals surface area (Å²) in [6, 6.07) is 0. The minimum Gasteiger partial charge on any atom is -0.221 e. The zero-order valence-corrected chi connectivity index (χ0v) is 8.01. The van der Waals surface area contributed by atoms with Crippen molar-refractivity contribution < 1.29 is 0 Å². The molecule has 70 valence electrons. The Morgan fingerprint density at radius 3 is 2.77 bits per heavy atom. The van der Waals surface area contributed by atoms with Crippen LogP contribution in [-0.4, -0.2) is 20.6 Å². The van der Waals surface area contributed by atoms with E-state index in [1.54, 1.807) is 11.1 Å². The Balaban J connectivity index is 2.19. The lowest BCUT2D eigenvalue weighted by atomic mass is 10.0. The van der Waals surface area contributed by atoms with Gasteiger partial charge in [-0.1, -0.05) is 13.8 Å². The van der Waals surface area contributed by atoms with Crippen molar-refractivity contribution in [3.8, 4) is 0 Å². The standard InChI is InChI=1S/C9H14N4/c1-7(2)9(8-3-4-8)12-13-6-10-5-11-13/h5-8H,3-4H2,1-2H3/b12-9-. The molecule has 1 heterocycles.